The summed E-state index contributed by atoms with van der Waals surface area (Å²) in [7, 11) is 1.20. The number of sulfonamides is 1. The second-order valence-electron chi connectivity index (χ2n) is 6.16. The molecular weight excluding hydrogens is 370 g/mol. The van der Waals surface area contributed by atoms with Crippen molar-refractivity contribution in [2.24, 2.45) is 0 Å². The highest BCUT2D eigenvalue weighted by molar-refractivity contribution is 7.92. The van der Waals surface area contributed by atoms with Crippen LogP contribution in [0.1, 0.15) is 6.42 Å². The molecule has 0 bridgehead atoms. The molecular formula is C18H23N3O5S. The van der Waals surface area contributed by atoms with Crippen LogP contribution in [-0.4, -0.2) is 52.5 Å². The SMILES string of the molecule is COc1ccc(N(CCCN(C)C)S(=O)(=O)c2ccccc2)c([N+](=O)[O-])c1. The quantitative estimate of drug-likeness (QED) is 0.480. The predicted molar refractivity (Wildman–Crippen MR) is 104 cm³/mol. The molecule has 0 spiro atoms. The molecule has 9 heteroatoms. The molecule has 0 aliphatic rings. The van der Waals surface area contributed by atoms with Gasteiger partial charge in [0.05, 0.1) is 23.0 Å². The average Bonchev–Trinajstić information content (AvgIpc) is 2.65. The van der Waals surface area contributed by atoms with Gasteiger partial charge in [-0.1, -0.05) is 18.2 Å². The normalized spacial score (nSPS) is 11.4. The Hall–Kier alpha value is -2.65. The van der Waals surface area contributed by atoms with Crippen LogP contribution in [0.5, 0.6) is 5.75 Å². The van der Waals surface area contributed by atoms with Gasteiger partial charge >= 0.3 is 0 Å². The summed E-state index contributed by atoms with van der Waals surface area (Å²) in [6.45, 7) is 0.757. The molecule has 0 fully saturated rings. The Morgan fingerprint density at radius 1 is 1.07 bits per heavy atom. The molecule has 2 aromatic rings. The Morgan fingerprint density at radius 3 is 2.30 bits per heavy atom. The molecule has 0 unspecified atom stereocenters. The molecule has 0 saturated heterocycles. The number of anilines is 1. The van der Waals surface area contributed by atoms with E-state index in [1.165, 1.54) is 37.4 Å². The number of nitro groups is 1. The van der Waals surface area contributed by atoms with E-state index in [0.717, 1.165) is 4.31 Å². The zero-order valence-electron chi connectivity index (χ0n) is 15.5. The van der Waals surface area contributed by atoms with E-state index in [9.17, 15) is 18.5 Å². The summed E-state index contributed by atoms with van der Waals surface area (Å²) in [6.07, 6.45) is 0.516. The Kier molecular flexibility index (Phi) is 6.75. The molecule has 0 N–H and O–H groups in total. The fourth-order valence-electron chi connectivity index (χ4n) is 2.61. The molecule has 0 amide bonds. The number of benzene rings is 2. The smallest absolute Gasteiger partial charge is 0.297 e. The van der Waals surface area contributed by atoms with E-state index in [-0.39, 0.29) is 28.6 Å². The minimum absolute atomic E-state index is 0.0170. The van der Waals surface area contributed by atoms with Crippen LogP contribution in [0.25, 0.3) is 0 Å². The van der Waals surface area contributed by atoms with E-state index < -0.39 is 14.9 Å². The van der Waals surface area contributed by atoms with Crippen molar-refractivity contribution >= 4 is 21.4 Å². The fraction of sp³-hybridized carbons (Fsp3) is 0.333. The predicted octanol–water partition coefficient (Wildman–Crippen LogP) is 2.75. The highest BCUT2D eigenvalue weighted by Crippen LogP contribution is 2.35. The Labute approximate surface area is 159 Å². The molecule has 0 radical (unpaired) electrons. The van der Waals surface area contributed by atoms with Gasteiger partial charge in [-0.05, 0) is 51.3 Å². The van der Waals surface area contributed by atoms with E-state index >= 15 is 0 Å². The largest absolute Gasteiger partial charge is 0.496 e. The van der Waals surface area contributed by atoms with Gasteiger partial charge in [0.25, 0.3) is 15.7 Å². The third-order valence-corrected chi connectivity index (χ3v) is 5.77. The maximum absolute atomic E-state index is 13.2. The van der Waals surface area contributed by atoms with Crippen LogP contribution in [-0.2, 0) is 10.0 Å². The van der Waals surface area contributed by atoms with Crippen LogP contribution in [0.15, 0.2) is 53.4 Å². The number of rotatable bonds is 9. The lowest BCUT2D eigenvalue weighted by Crippen LogP contribution is -2.34. The zero-order valence-corrected chi connectivity index (χ0v) is 16.3. The molecule has 0 heterocycles. The van der Waals surface area contributed by atoms with E-state index in [2.05, 4.69) is 0 Å². The molecule has 0 saturated carbocycles. The molecule has 0 atom stereocenters. The highest BCUT2D eigenvalue weighted by atomic mass is 32.2. The monoisotopic (exact) mass is 393 g/mol. The lowest BCUT2D eigenvalue weighted by atomic mass is 10.2. The van der Waals surface area contributed by atoms with Crippen molar-refractivity contribution in [2.45, 2.75) is 11.3 Å². The molecule has 2 aromatic carbocycles. The summed E-state index contributed by atoms with van der Waals surface area (Å²) in [6, 6.07) is 12.1. The van der Waals surface area contributed by atoms with E-state index in [4.69, 9.17) is 4.74 Å². The lowest BCUT2D eigenvalue weighted by Gasteiger charge is -2.25. The molecule has 0 aliphatic heterocycles. The second-order valence-corrected chi connectivity index (χ2v) is 8.02. The van der Waals surface area contributed by atoms with Gasteiger partial charge in [-0.2, -0.15) is 0 Å². The average molecular weight is 393 g/mol. The van der Waals surface area contributed by atoms with Crippen molar-refractivity contribution in [1.82, 2.24) is 4.90 Å². The van der Waals surface area contributed by atoms with E-state index in [0.29, 0.717) is 13.0 Å². The molecule has 8 nitrogen and oxygen atoms in total. The van der Waals surface area contributed by atoms with Gasteiger partial charge in [0.2, 0.25) is 0 Å². The van der Waals surface area contributed by atoms with Gasteiger partial charge < -0.3 is 9.64 Å². The van der Waals surface area contributed by atoms with Crippen molar-refractivity contribution in [2.75, 3.05) is 38.6 Å². The van der Waals surface area contributed by atoms with Crippen molar-refractivity contribution < 1.29 is 18.1 Å². The minimum atomic E-state index is -3.96. The number of ether oxygens (including phenoxy) is 1. The van der Waals surface area contributed by atoms with E-state index in [1.54, 1.807) is 18.2 Å². The van der Waals surface area contributed by atoms with Crippen LogP contribution < -0.4 is 9.04 Å². The van der Waals surface area contributed by atoms with Crippen LogP contribution >= 0.6 is 0 Å². The molecule has 146 valence electrons. The van der Waals surface area contributed by atoms with Crippen LogP contribution in [0.3, 0.4) is 0 Å². The third kappa shape index (κ3) is 4.95. The molecule has 0 aliphatic carbocycles. The standard InChI is InChI=1S/C18H23N3O5S/c1-19(2)12-7-13-20(27(24,25)16-8-5-4-6-9-16)17-11-10-15(26-3)14-18(17)21(22)23/h4-6,8-11,14H,7,12-13H2,1-3H3. The van der Waals surface area contributed by atoms with Crippen LogP contribution in [0, 0.1) is 10.1 Å². The maximum Gasteiger partial charge on any atom is 0.297 e. The van der Waals surface area contributed by atoms with Crippen molar-refractivity contribution in [3.8, 4) is 5.75 Å². The topological polar surface area (TPSA) is 93.0 Å². The Bertz CT molecular complexity index is 885. The van der Waals surface area contributed by atoms with Gasteiger partial charge in [0.15, 0.2) is 0 Å². The number of methoxy groups -OCH3 is 1. The first-order valence-corrected chi connectivity index (χ1v) is 9.76. The van der Waals surface area contributed by atoms with Gasteiger partial charge in [-0.15, -0.1) is 0 Å². The molecule has 27 heavy (non-hydrogen) atoms. The number of nitro benzene ring substituents is 1. The van der Waals surface area contributed by atoms with Crippen molar-refractivity contribution in [3.63, 3.8) is 0 Å². The van der Waals surface area contributed by atoms with Gasteiger partial charge in [-0.25, -0.2) is 8.42 Å². The number of nitrogens with zero attached hydrogens (tertiary/aromatic N) is 3. The van der Waals surface area contributed by atoms with Crippen LogP contribution in [0.4, 0.5) is 11.4 Å². The molecule has 2 rings (SSSR count). The summed E-state index contributed by atoms with van der Waals surface area (Å²) in [5.74, 6) is 0.288. The maximum atomic E-state index is 13.2. The van der Waals surface area contributed by atoms with Crippen molar-refractivity contribution in [1.29, 1.82) is 0 Å². The fourth-order valence-corrected chi connectivity index (χ4v) is 4.15. The van der Waals surface area contributed by atoms with Crippen LogP contribution in [0.2, 0.25) is 0 Å². The summed E-state index contributed by atoms with van der Waals surface area (Å²) < 4.78 is 32.5. The summed E-state index contributed by atoms with van der Waals surface area (Å²) >= 11 is 0. The first-order chi connectivity index (χ1) is 12.8. The van der Waals surface area contributed by atoms with Gasteiger partial charge in [-0.3, -0.25) is 14.4 Å². The van der Waals surface area contributed by atoms with Gasteiger partial charge in [0.1, 0.15) is 11.4 Å². The third-order valence-electron chi connectivity index (χ3n) is 3.95. The lowest BCUT2D eigenvalue weighted by molar-refractivity contribution is -0.384. The summed E-state index contributed by atoms with van der Waals surface area (Å²) in [5.41, 5.74) is -0.304. The Balaban J connectivity index is 2.55. The first-order valence-electron chi connectivity index (χ1n) is 8.32. The minimum Gasteiger partial charge on any atom is -0.496 e. The summed E-state index contributed by atoms with van der Waals surface area (Å²) in [4.78, 5) is 13.0. The van der Waals surface area contributed by atoms with Crippen molar-refractivity contribution in [3.05, 3.63) is 58.6 Å². The molecule has 0 aromatic heterocycles. The van der Waals surface area contributed by atoms with Gasteiger partial charge in [0, 0.05) is 6.54 Å². The Morgan fingerprint density at radius 2 is 1.74 bits per heavy atom. The zero-order chi connectivity index (χ0) is 20.0. The first kappa shape index (κ1) is 20.7. The number of hydrogen-bond acceptors (Lipinski definition) is 6. The summed E-state index contributed by atoms with van der Waals surface area (Å²) in [5, 5.41) is 11.6. The number of hydrogen-bond donors (Lipinski definition) is 0. The second kappa shape index (κ2) is 8.83. The van der Waals surface area contributed by atoms with E-state index in [1.807, 2.05) is 19.0 Å². The highest BCUT2D eigenvalue weighted by Gasteiger charge is 2.30.